The van der Waals surface area contributed by atoms with Crippen molar-refractivity contribution >= 4 is 21.6 Å². The lowest BCUT2D eigenvalue weighted by Gasteiger charge is -2.31. The van der Waals surface area contributed by atoms with E-state index in [0.29, 0.717) is 0 Å². The van der Waals surface area contributed by atoms with Crippen LogP contribution in [0.5, 0.6) is 0 Å². The predicted molar refractivity (Wildman–Crippen MR) is 68.1 cm³/mol. The second-order valence-electron chi connectivity index (χ2n) is 4.53. The second-order valence-corrected chi connectivity index (χ2v) is 5.33. The lowest BCUT2D eigenvalue weighted by atomic mass is 10.1. The second kappa shape index (κ2) is 4.37. The SMILES string of the molecule is C[C@@H]1C[C@H](C)OC(c2nsc3ccccc23)O1. The van der Waals surface area contributed by atoms with E-state index >= 15 is 0 Å². The molecule has 90 valence electrons. The molecule has 1 aromatic heterocycles. The zero-order valence-electron chi connectivity index (χ0n) is 9.92. The fourth-order valence-corrected chi connectivity index (χ4v) is 3.03. The van der Waals surface area contributed by atoms with Crippen LogP contribution in [0.4, 0.5) is 0 Å². The van der Waals surface area contributed by atoms with Gasteiger partial charge < -0.3 is 9.47 Å². The van der Waals surface area contributed by atoms with Crippen LogP contribution in [0.1, 0.15) is 32.3 Å². The molecule has 1 fully saturated rings. The van der Waals surface area contributed by atoms with Gasteiger partial charge in [0.25, 0.3) is 0 Å². The Morgan fingerprint density at radius 3 is 2.65 bits per heavy atom. The molecule has 3 nitrogen and oxygen atoms in total. The van der Waals surface area contributed by atoms with Gasteiger partial charge in [0.2, 0.25) is 6.29 Å². The van der Waals surface area contributed by atoms with Crippen LogP contribution in [0.15, 0.2) is 24.3 Å². The summed E-state index contributed by atoms with van der Waals surface area (Å²) in [5.41, 5.74) is 0.920. The summed E-state index contributed by atoms with van der Waals surface area (Å²) in [6, 6.07) is 8.20. The molecule has 0 N–H and O–H groups in total. The van der Waals surface area contributed by atoms with Crippen molar-refractivity contribution < 1.29 is 9.47 Å². The molecule has 0 spiro atoms. The molecule has 0 radical (unpaired) electrons. The molecule has 0 saturated carbocycles. The highest BCUT2D eigenvalue weighted by molar-refractivity contribution is 7.13. The number of hydrogen-bond acceptors (Lipinski definition) is 4. The monoisotopic (exact) mass is 249 g/mol. The average molecular weight is 249 g/mol. The van der Waals surface area contributed by atoms with E-state index in [9.17, 15) is 0 Å². The van der Waals surface area contributed by atoms with Gasteiger partial charge in [0.05, 0.1) is 16.9 Å². The summed E-state index contributed by atoms with van der Waals surface area (Å²) < 4.78 is 17.3. The molecule has 2 heterocycles. The Balaban J connectivity index is 1.98. The van der Waals surface area contributed by atoms with E-state index in [0.717, 1.165) is 17.5 Å². The minimum atomic E-state index is -0.315. The third-order valence-electron chi connectivity index (χ3n) is 3.00. The fraction of sp³-hybridized carbons (Fsp3) is 0.462. The van der Waals surface area contributed by atoms with E-state index in [1.807, 2.05) is 12.1 Å². The Bertz CT molecular complexity index is 515. The fourth-order valence-electron chi connectivity index (χ4n) is 2.24. The van der Waals surface area contributed by atoms with Crippen LogP contribution in [0, 0.1) is 0 Å². The van der Waals surface area contributed by atoms with Crippen LogP contribution in [0.25, 0.3) is 10.1 Å². The van der Waals surface area contributed by atoms with Crippen molar-refractivity contribution in [1.82, 2.24) is 4.37 Å². The van der Waals surface area contributed by atoms with Crippen LogP contribution in [-0.4, -0.2) is 16.6 Å². The molecule has 1 aliphatic heterocycles. The Hall–Kier alpha value is -0.970. The number of benzene rings is 1. The van der Waals surface area contributed by atoms with Gasteiger partial charge in [-0.05, 0) is 37.9 Å². The van der Waals surface area contributed by atoms with Crippen molar-refractivity contribution in [3.63, 3.8) is 0 Å². The number of rotatable bonds is 1. The third-order valence-corrected chi connectivity index (χ3v) is 3.84. The summed E-state index contributed by atoms with van der Waals surface area (Å²) in [4.78, 5) is 0. The first kappa shape index (κ1) is 11.1. The van der Waals surface area contributed by atoms with Gasteiger partial charge in [-0.25, -0.2) is 0 Å². The molecule has 1 aliphatic rings. The van der Waals surface area contributed by atoms with E-state index in [-0.39, 0.29) is 18.5 Å². The molecule has 1 saturated heterocycles. The summed E-state index contributed by atoms with van der Waals surface area (Å²) in [6.45, 7) is 4.17. The molecule has 3 rings (SSSR count). The molecule has 1 aromatic carbocycles. The number of aromatic nitrogens is 1. The Morgan fingerprint density at radius 2 is 1.88 bits per heavy atom. The van der Waals surface area contributed by atoms with Crippen LogP contribution in [0.3, 0.4) is 0 Å². The number of nitrogens with zero attached hydrogens (tertiary/aromatic N) is 1. The highest BCUT2D eigenvalue weighted by atomic mass is 32.1. The van der Waals surface area contributed by atoms with Crippen molar-refractivity contribution in [1.29, 1.82) is 0 Å². The zero-order chi connectivity index (χ0) is 11.8. The number of hydrogen-bond donors (Lipinski definition) is 0. The molecule has 0 amide bonds. The molecular formula is C13H15NO2S. The molecule has 0 bridgehead atoms. The van der Waals surface area contributed by atoms with Crippen LogP contribution in [-0.2, 0) is 9.47 Å². The zero-order valence-corrected chi connectivity index (χ0v) is 10.7. The van der Waals surface area contributed by atoms with Gasteiger partial charge in [-0.1, -0.05) is 18.2 Å². The smallest absolute Gasteiger partial charge is 0.203 e. The van der Waals surface area contributed by atoms with Gasteiger partial charge in [0, 0.05) is 5.39 Å². The summed E-state index contributed by atoms with van der Waals surface area (Å²) in [5.74, 6) is 0. The van der Waals surface area contributed by atoms with Crippen LogP contribution >= 0.6 is 11.5 Å². The lowest BCUT2D eigenvalue weighted by molar-refractivity contribution is -0.239. The maximum Gasteiger partial charge on any atom is 0.203 e. The minimum Gasteiger partial charge on any atom is -0.344 e. The Morgan fingerprint density at radius 1 is 1.18 bits per heavy atom. The van der Waals surface area contributed by atoms with Crippen molar-refractivity contribution in [2.75, 3.05) is 0 Å². The lowest BCUT2D eigenvalue weighted by Crippen LogP contribution is -2.30. The van der Waals surface area contributed by atoms with Gasteiger partial charge in [-0.3, -0.25) is 0 Å². The minimum absolute atomic E-state index is 0.226. The van der Waals surface area contributed by atoms with Gasteiger partial charge in [0.1, 0.15) is 5.69 Å². The van der Waals surface area contributed by atoms with E-state index < -0.39 is 0 Å². The van der Waals surface area contributed by atoms with Gasteiger partial charge in [-0.15, -0.1) is 0 Å². The van der Waals surface area contributed by atoms with Crippen molar-refractivity contribution in [2.45, 2.75) is 38.8 Å². The molecule has 0 aliphatic carbocycles. The molecule has 2 aromatic rings. The maximum absolute atomic E-state index is 5.83. The third kappa shape index (κ3) is 2.08. The number of fused-ring (bicyclic) bond motifs is 1. The van der Waals surface area contributed by atoms with Crippen LogP contribution in [0.2, 0.25) is 0 Å². The first-order valence-electron chi connectivity index (χ1n) is 5.89. The summed E-state index contributed by atoms with van der Waals surface area (Å²) in [7, 11) is 0. The molecule has 1 unspecified atom stereocenters. The van der Waals surface area contributed by atoms with E-state index in [2.05, 4.69) is 30.4 Å². The first-order valence-corrected chi connectivity index (χ1v) is 6.66. The highest BCUT2D eigenvalue weighted by Crippen LogP contribution is 2.34. The molecule has 17 heavy (non-hydrogen) atoms. The summed E-state index contributed by atoms with van der Waals surface area (Å²) >= 11 is 1.50. The van der Waals surface area contributed by atoms with Crippen LogP contribution < -0.4 is 0 Å². The molecular weight excluding hydrogens is 234 g/mol. The van der Waals surface area contributed by atoms with Gasteiger partial charge >= 0.3 is 0 Å². The molecule has 4 heteroatoms. The van der Waals surface area contributed by atoms with E-state index in [1.165, 1.54) is 16.2 Å². The number of ether oxygens (including phenoxy) is 2. The van der Waals surface area contributed by atoms with E-state index in [1.54, 1.807) is 0 Å². The van der Waals surface area contributed by atoms with Gasteiger partial charge in [0.15, 0.2) is 0 Å². The topological polar surface area (TPSA) is 31.4 Å². The maximum atomic E-state index is 5.83. The summed E-state index contributed by atoms with van der Waals surface area (Å²) in [5, 5.41) is 1.14. The quantitative estimate of drug-likeness (QED) is 0.775. The predicted octanol–water partition coefficient (Wildman–Crippen LogP) is 3.51. The average Bonchev–Trinajstić information content (AvgIpc) is 2.71. The molecule has 3 atom stereocenters. The largest absolute Gasteiger partial charge is 0.344 e. The normalized spacial score (nSPS) is 29.6. The van der Waals surface area contributed by atoms with Gasteiger partial charge in [-0.2, -0.15) is 4.37 Å². The van der Waals surface area contributed by atoms with Crippen molar-refractivity contribution in [3.05, 3.63) is 30.0 Å². The summed E-state index contributed by atoms with van der Waals surface area (Å²) in [6.07, 6.45) is 1.08. The standard InChI is InChI=1S/C13H15NO2S/c1-8-7-9(2)16-13(15-8)12-10-5-3-4-6-11(10)17-14-12/h3-6,8-9,13H,7H2,1-2H3/t8-,9+,13?. The van der Waals surface area contributed by atoms with E-state index in [4.69, 9.17) is 9.47 Å². The van der Waals surface area contributed by atoms with Crippen molar-refractivity contribution in [3.8, 4) is 0 Å². The Labute approximate surface area is 105 Å². The first-order chi connectivity index (χ1) is 8.24. The highest BCUT2D eigenvalue weighted by Gasteiger charge is 2.29. The van der Waals surface area contributed by atoms with Crippen molar-refractivity contribution in [2.24, 2.45) is 0 Å². The Kier molecular flexibility index (Phi) is 2.86.